The average molecular weight is 478 g/mol. The number of nitrogens with one attached hydrogen (secondary N) is 2. The summed E-state index contributed by atoms with van der Waals surface area (Å²) in [4.78, 5) is 42.2. The van der Waals surface area contributed by atoms with E-state index >= 15 is 0 Å². The fraction of sp³-hybridized carbons (Fsp3) is 0.308. The molecule has 4 rings (SSSR count). The van der Waals surface area contributed by atoms with Crippen molar-refractivity contribution in [1.29, 1.82) is 0 Å². The van der Waals surface area contributed by atoms with Gasteiger partial charge in [-0.2, -0.15) is 0 Å². The van der Waals surface area contributed by atoms with E-state index in [1.165, 1.54) is 11.3 Å². The van der Waals surface area contributed by atoms with Crippen LogP contribution >= 0.6 is 11.3 Å². The third kappa shape index (κ3) is 5.34. The SMILES string of the molecule is CNC(=O)c1ccc(-c2sc(C(=O)N[C@H](CC3CCCC3)C(=O)O)nc2-c2ccccc2)cc1. The molecule has 1 saturated carbocycles. The summed E-state index contributed by atoms with van der Waals surface area (Å²) in [5, 5.41) is 15.2. The molecule has 2 aromatic carbocycles. The van der Waals surface area contributed by atoms with Gasteiger partial charge in [-0.15, -0.1) is 11.3 Å². The van der Waals surface area contributed by atoms with Gasteiger partial charge in [-0.1, -0.05) is 68.1 Å². The Kier molecular flexibility index (Phi) is 7.37. The number of hydrogen-bond acceptors (Lipinski definition) is 5. The number of benzene rings is 2. The molecule has 176 valence electrons. The predicted molar refractivity (Wildman–Crippen MR) is 132 cm³/mol. The molecular formula is C26H27N3O4S. The lowest BCUT2D eigenvalue weighted by molar-refractivity contribution is -0.139. The van der Waals surface area contributed by atoms with E-state index in [1.807, 2.05) is 42.5 Å². The topological polar surface area (TPSA) is 108 Å². The van der Waals surface area contributed by atoms with E-state index in [0.29, 0.717) is 23.6 Å². The summed E-state index contributed by atoms with van der Waals surface area (Å²) in [6.07, 6.45) is 4.67. The Balaban J connectivity index is 1.64. The van der Waals surface area contributed by atoms with Crippen LogP contribution in [-0.2, 0) is 4.79 Å². The highest BCUT2D eigenvalue weighted by atomic mass is 32.1. The zero-order valence-corrected chi connectivity index (χ0v) is 19.7. The minimum atomic E-state index is -1.02. The van der Waals surface area contributed by atoms with Crippen molar-refractivity contribution in [2.24, 2.45) is 5.92 Å². The molecule has 8 heteroatoms. The minimum Gasteiger partial charge on any atom is -0.480 e. The quantitative estimate of drug-likeness (QED) is 0.439. The van der Waals surface area contributed by atoms with Crippen molar-refractivity contribution in [3.8, 4) is 21.7 Å². The Morgan fingerprint density at radius 3 is 2.29 bits per heavy atom. The Bertz CT molecular complexity index is 1170. The van der Waals surface area contributed by atoms with Gasteiger partial charge in [0.1, 0.15) is 6.04 Å². The number of rotatable bonds is 8. The van der Waals surface area contributed by atoms with E-state index in [4.69, 9.17) is 0 Å². The van der Waals surface area contributed by atoms with Gasteiger partial charge in [0.15, 0.2) is 5.01 Å². The van der Waals surface area contributed by atoms with Crippen LogP contribution in [0, 0.1) is 5.92 Å². The molecule has 1 aliphatic rings. The fourth-order valence-electron chi connectivity index (χ4n) is 4.34. The molecule has 0 aliphatic heterocycles. The van der Waals surface area contributed by atoms with E-state index in [0.717, 1.165) is 41.7 Å². The number of carbonyl (C=O) groups excluding carboxylic acids is 2. The van der Waals surface area contributed by atoms with E-state index in [1.54, 1.807) is 19.2 Å². The summed E-state index contributed by atoms with van der Waals surface area (Å²) in [5.74, 6) is -1.36. The number of amides is 2. The average Bonchev–Trinajstić information content (AvgIpc) is 3.54. The van der Waals surface area contributed by atoms with Crippen LogP contribution in [0.5, 0.6) is 0 Å². The van der Waals surface area contributed by atoms with Gasteiger partial charge < -0.3 is 15.7 Å². The van der Waals surface area contributed by atoms with Crippen LogP contribution in [0.4, 0.5) is 0 Å². The smallest absolute Gasteiger partial charge is 0.326 e. The minimum absolute atomic E-state index is 0.179. The van der Waals surface area contributed by atoms with Crippen molar-refractivity contribution in [1.82, 2.24) is 15.6 Å². The number of thiazole rings is 1. The molecule has 1 aliphatic carbocycles. The summed E-state index contributed by atoms with van der Waals surface area (Å²) in [5.41, 5.74) is 2.85. The van der Waals surface area contributed by atoms with Crippen LogP contribution in [0.1, 0.15) is 52.3 Å². The third-order valence-electron chi connectivity index (χ3n) is 6.15. The van der Waals surface area contributed by atoms with Gasteiger partial charge in [-0.05, 0) is 30.0 Å². The highest BCUT2D eigenvalue weighted by Crippen LogP contribution is 2.37. The standard InChI is InChI=1S/C26H27N3O4S/c1-27-23(30)19-13-11-18(12-14-19)22-21(17-9-3-2-4-10-17)29-25(34-22)24(31)28-20(26(32)33)15-16-7-5-6-8-16/h2-4,9-14,16,20H,5-8,15H2,1H3,(H,27,30)(H,28,31)(H,32,33)/t20-/m1/s1. The zero-order valence-electron chi connectivity index (χ0n) is 18.9. The Labute approximate surface area is 202 Å². The number of nitrogens with zero attached hydrogens (tertiary/aromatic N) is 1. The van der Waals surface area contributed by atoms with Crippen molar-refractivity contribution >= 4 is 29.1 Å². The van der Waals surface area contributed by atoms with Gasteiger partial charge in [0, 0.05) is 18.2 Å². The first-order valence-electron chi connectivity index (χ1n) is 11.4. The second-order valence-electron chi connectivity index (χ2n) is 8.47. The maximum Gasteiger partial charge on any atom is 0.326 e. The molecule has 3 aromatic rings. The summed E-state index contributed by atoms with van der Waals surface area (Å²) < 4.78 is 0. The first kappa shape index (κ1) is 23.6. The molecule has 3 N–H and O–H groups in total. The fourth-order valence-corrected chi connectivity index (χ4v) is 5.34. The number of carbonyl (C=O) groups is 3. The molecule has 0 spiro atoms. The molecule has 0 bridgehead atoms. The largest absolute Gasteiger partial charge is 0.480 e. The highest BCUT2D eigenvalue weighted by molar-refractivity contribution is 7.17. The molecule has 1 fully saturated rings. The maximum atomic E-state index is 13.1. The lowest BCUT2D eigenvalue weighted by Crippen LogP contribution is -2.41. The number of aromatic nitrogens is 1. The summed E-state index contributed by atoms with van der Waals surface area (Å²) in [6, 6.07) is 15.7. The van der Waals surface area contributed by atoms with Gasteiger partial charge in [-0.3, -0.25) is 9.59 Å². The lowest BCUT2D eigenvalue weighted by atomic mass is 9.98. The number of carboxylic acids is 1. The molecule has 0 unspecified atom stereocenters. The van der Waals surface area contributed by atoms with Crippen molar-refractivity contribution in [2.75, 3.05) is 7.05 Å². The Morgan fingerprint density at radius 2 is 1.68 bits per heavy atom. The summed E-state index contributed by atoms with van der Waals surface area (Å²) in [7, 11) is 1.58. The Morgan fingerprint density at radius 1 is 1.00 bits per heavy atom. The maximum absolute atomic E-state index is 13.1. The van der Waals surface area contributed by atoms with Crippen molar-refractivity contribution in [3.05, 3.63) is 65.2 Å². The van der Waals surface area contributed by atoms with Crippen molar-refractivity contribution < 1.29 is 19.5 Å². The van der Waals surface area contributed by atoms with Crippen LogP contribution in [0.15, 0.2) is 54.6 Å². The van der Waals surface area contributed by atoms with Gasteiger partial charge in [0.25, 0.3) is 11.8 Å². The molecule has 1 atom stereocenters. The Hall–Kier alpha value is -3.52. The number of aliphatic carboxylic acids is 1. The highest BCUT2D eigenvalue weighted by Gasteiger charge is 2.28. The molecule has 0 radical (unpaired) electrons. The molecule has 1 aromatic heterocycles. The van der Waals surface area contributed by atoms with Crippen LogP contribution in [0.2, 0.25) is 0 Å². The van der Waals surface area contributed by atoms with Crippen LogP contribution in [0.25, 0.3) is 21.7 Å². The van der Waals surface area contributed by atoms with Gasteiger partial charge in [0.2, 0.25) is 0 Å². The van der Waals surface area contributed by atoms with E-state index < -0.39 is 17.9 Å². The molecule has 2 amide bonds. The molecule has 7 nitrogen and oxygen atoms in total. The second kappa shape index (κ2) is 10.6. The van der Waals surface area contributed by atoms with Gasteiger partial charge in [-0.25, -0.2) is 9.78 Å². The predicted octanol–water partition coefficient (Wildman–Crippen LogP) is 4.60. The monoisotopic (exact) mass is 477 g/mol. The molecule has 34 heavy (non-hydrogen) atoms. The molecular weight excluding hydrogens is 450 g/mol. The zero-order chi connectivity index (χ0) is 24.1. The second-order valence-corrected chi connectivity index (χ2v) is 9.47. The van der Waals surface area contributed by atoms with E-state index in [9.17, 15) is 19.5 Å². The molecule has 0 saturated heterocycles. The van der Waals surface area contributed by atoms with Gasteiger partial charge in [0.05, 0.1) is 10.6 Å². The number of hydrogen-bond donors (Lipinski definition) is 3. The summed E-state index contributed by atoms with van der Waals surface area (Å²) >= 11 is 1.22. The first-order valence-corrected chi connectivity index (χ1v) is 12.2. The van der Waals surface area contributed by atoms with Crippen molar-refractivity contribution in [3.63, 3.8) is 0 Å². The van der Waals surface area contributed by atoms with Crippen molar-refractivity contribution in [2.45, 2.75) is 38.1 Å². The van der Waals surface area contributed by atoms with Gasteiger partial charge >= 0.3 is 5.97 Å². The van der Waals surface area contributed by atoms with E-state index in [-0.39, 0.29) is 10.9 Å². The number of carboxylic acid groups (broad SMARTS) is 1. The first-order chi connectivity index (χ1) is 16.5. The van der Waals surface area contributed by atoms with Crippen LogP contribution in [0.3, 0.4) is 0 Å². The molecule has 1 heterocycles. The normalized spacial score (nSPS) is 14.5. The lowest BCUT2D eigenvalue weighted by Gasteiger charge is -2.17. The van der Waals surface area contributed by atoms with Crippen LogP contribution < -0.4 is 10.6 Å². The van der Waals surface area contributed by atoms with Crippen LogP contribution in [-0.4, -0.2) is 41.0 Å². The van der Waals surface area contributed by atoms with E-state index in [2.05, 4.69) is 15.6 Å². The summed E-state index contributed by atoms with van der Waals surface area (Å²) in [6.45, 7) is 0. The third-order valence-corrected chi connectivity index (χ3v) is 7.26.